The maximum atomic E-state index is 12.2. The highest BCUT2D eigenvalue weighted by Gasteiger charge is 2.47. The molecule has 1 N–H and O–H groups in total. The fourth-order valence-electron chi connectivity index (χ4n) is 2.67. The lowest BCUT2D eigenvalue weighted by Gasteiger charge is -2.39. The summed E-state index contributed by atoms with van der Waals surface area (Å²) in [5.41, 5.74) is 0.306. The van der Waals surface area contributed by atoms with Crippen LogP contribution in [0.1, 0.15) is 46.5 Å². The van der Waals surface area contributed by atoms with Gasteiger partial charge in [0, 0.05) is 6.54 Å². The molecule has 2 atom stereocenters. The van der Waals surface area contributed by atoms with E-state index in [0.717, 1.165) is 13.0 Å². The molecule has 2 amide bonds. The number of hydrogen-bond acceptors (Lipinski definition) is 2. The Morgan fingerprint density at radius 3 is 2.47 bits per heavy atom. The van der Waals surface area contributed by atoms with Crippen molar-refractivity contribution < 1.29 is 9.59 Å². The van der Waals surface area contributed by atoms with Gasteiger partial charge in [0.1, 0.15) is 12.1 Å². The maximum Gasteiger partial charge on any atom is 0.245 e. The number of hydrogen-bond donors (Lipinski definition) is 1. The summed E-state index contributed by atoms with van der Waals surface area (Å²) in [6, 6.07) is -0.624. The average Bonchev–Trinajstić information content (AvgIpc) is 3.06. The largest absolute Gasteiger partial charge is 0.343 e. The molecule has 0 aromatic carbocycles. The lowest BCUT2D eigenvalue weighted by Crippen LogP contribution is -2.63. The molecule has 17 heavy (non-hydrogen) atoms. The molecule has 2 rings (SSSR count). The molecule has 0 aromatic rings. The number of amides is 2. The molecular weight excluding hydrogens is 216 g/mol. The highest BCUT2D eigenvalue weighted by atomic mass is 16.2. The fourth-order valence-corrected chi connectivity index (χ4v) is 2.67. The zero-order valence-corrected chi connectivity index (χ0v) is 11.0. The molecule has 96 valence electrons. The van der Waals surface area contributed by atoms with Gasteiger partial charge in [-0.2, -0.15) is 0 Å². The van der Waals surface area contributed by atoms with Gasteiger partial charge in [-0.1, -0.05) is 13.8 Å². The highest BCUT2D eigenvalue weighted by molar-refractivity contribution is 5.96. The van der Waals surface area contributed by atoms with Crippen LogP contribution < -0.4 is 5.32 Å². The number of rotatable bonds is 4. The van der Waals surface area contributed by atoms with E-state index in [0.29, 0.717) is 11.8 Å². The predicted molar refractivity (Wildman–Crippen MR) is 65.4 cm³/mol. The Kier molecular flexibility index (Phi) is 3.15. The maximum absolute atomic E-state index is 12.2. The molecule has 0 spiro atoms. The first-order valence-electron chi connectivity index (χ1n) is 6.64. The van der Waals surface area contributed by atoms with Crippen LogP contribution in [0.2, 0.25) is 0 Å². The van der Waals surface area contributed by atoms with E-state index in [4.69, 9.17) is 0 Å². The van der Waals surface area contributed by atoms with Gasteiger partial charge in [0.05, 0.1) is 0 Å². The van der Waals surface area contributed by atoms with Gasteiger partial charge in [-0.15, -0.1) is 0 Å². The van der Waals surface area contributed by atoms with Gasteiger partial charge >= 0.3 is 0 Å². The van der Waals surface area contributed by atoms with Crippen LogP contribution in [0.25, 0.3) is 0 Å². The normalized spacial score (nSPS) is 31.4. The minimum Gasteiger partial charge on any atom is -0.343 e. The van der Waals surface area contributed by atoms with Gasteiger partial charge in [-0.05, 0) is 38.0 Å². The first kappa shape index (κ1) is 12.4. The van der Waals surface area contributed by atoms with Crippen molar-refractivity contribution in [3.05, 3.63) is 0 Å². The molecule has 1 heterocycles. The lowest BCUT2D eigenvalue weighted by molar-refractivity contribution is -0.150. The first-order valence-corrected chi connectivity index (χ1v) is 6.64. The number of carbonyl (C=O) groups excluding carboxylic acids is 2. The summed E-state index contributed by atoms with van der Waals surface area (Å²) in [4.78, 5) is 25.9. The molecule has 2 fully saturated rings. The molecule has 0 aromatic heterocycles. The molecular formula is C13H22N2O2. The van der Waals surface area contributed by atoms with Crippen LogP contribution in [-0.2, 0) is 9.59 Å². The molecule has 0 bridgehead atoms. The van der Waals surface area contributed by atoms with Crippen molar-refractivity contribution in [3.8, 4) is 0 Å². The van der Waals surface area contributed by atoms with Crippen molar-refractivity contribution in [2.24, 2.45) is 5.41 Å². The monoisotopic (exact) mass is 238 g/mol. The van der Waals surface area contributed by atoms with Crippen molar-refractivity contribution in [1.29, 1.82) is 0 Å². The Labute approximate surface area is 103 Å². The summed E-state index contributed by atoms with van der Waals surface area (Å²) in [6.45, 7) is 6.67. The van der Waals surface area contributed by atoms with Gasteiger partial charge in [0.2, 0.25) is 11.8 Å². The third-order valence-corrected chi connectivity index (χ3v) is 4.29. The fraction of sp³-hybridized carbons (Fsp3) is 0.846. The van der Waals surface area contributed by atoms with E-state index in [1.165, 1.54) is 12.8 Å². The minimum absolute atomic E-state index is 0.00602. The first-order chi connectivity index (χ1) is 8.03. The Morgan fingerprint density at radius 1 is 1.35 bits per heavy atom. The lowest BCUT2D eigenvalue weighted by atomic mass is 9.98. The third-order valence-electron chi connectivity index (χ3n) is 4.29. The molecule has 1 saturated carbocycles. The second kappa shape index (κ2) is 4.31. The van der Waals surface area contributed by atoms with Gasteiger partial charge in [-0.25, -0.2) is 0 Å². The summed E-state index contributed by atoms with van der Waals surface area (Å²) < 4.78 is 0. The van der Waals surface area contributed by atoms with Gasteiger partial charge < -0.3 is 10.2 Å². The number of piperazine rings is 1. The second-order valence-corrected chi connectivity index (χ2v) is 5.47. The van der Waals surface area contributed by atoms with Gasteiger partial charge in [0.15, 0.2) is 0 Å². The van der Waals surface area contributed by atoms with Gasteiger partial charge in [-0.3, -0.25) is 9.59 Å². The van der Waals surface area contributed by atoms with Crippen molar-refractivity contribution in [1.82, 2.24) is 10.2 Å². The van der Waals surface area contributed by atoms with E-state index in [9.17, 15) is 9.59 Å². The van der Waals surface area contributed by atoms with Crippen LogP contribution in [0.3, 0.4) is 0 Å². The Hall–Kier alpha value is -1.06. The van der Waals surface area contributed by atoms with Crippen LogP contribution in [-0.4, -0.2) is 35.3 Å². The summed E-state index contributed by atoms with van der Waals surface area (Å²) >= 11 is 0. The molecule has 4 heteroatoms. The second-order valence-electron chi connectivity index (χ2n) is 5.47. The van der Waals surface area contributed by atoms with Crippen molar-refractivity contribution in [2.75, 3.05) is 6.54 Å². The van der Waals surface area contributed by atoms with Crippen LogP contribution in [0, 0.1) is 5.41 Å². The standard InChI is InChI=1S/C13H22N2O2/c1-4-10-11(16)14-9(3)12(17)15(10)8-13(5-2)6-7-13/h9-10H,4-8H2,1-3H3,(H,14,16). The van der Waals surface area contributed by atoms with Crippen LogP contribution in [0.4, 0.5) is 0 Å². The molecule has 0 radical (unpaired) electrons. The number of nitrogens with zero attached hydrogens (tertiary/aromatic N) is 1. The SMILES string of the molecule is CCC1C(=O)NC(C)C(=O)N1CC1(CC)CC1. The van der Waals surface area contributed by atoms with E-state index >= 15 is 0 Å². The predicted octanol–water partition coefficient (Wildman–Crippen LogP) is 1.30. The van der Waals surface area contributed by atoms with Crippen molar-refractivity contribution in [2.45, 2.75) is 58.5 Å². The van der Waals surface area contributed by atoms with Crippen molar-refractivity contribution in [3.63, 3.8) is 0 Å². The molecule has 1 aliphatic carbocycles. The molecule has 2 unspecified atom stereocenters. The number of nitrogens with one attached hydrogen (secondary N) is 1. The minimum atomic E-state index is -0.363. The molecule has 2 aliphatic rings. The summed E-state index contributed by atoms with van der Waals surface area (Å²) in [7, 11) is 0. The summed E-state index contributed by atoms with van der Waals surface area (Å²) in [6.07, 6.45) is 4.19. The van der Waals surface area contributed by atoms with Crippen LogP contribution in [0.15, 0.2) is 0 Å². The van der Waals surface area contributed by atoms with Gasteiger partial charge in [0.25, 0.3) is 0 Å². The van der Waals surface area contributed by atoms with E-state index in [1.54, 1.807) is 6.92 Å². The van der Waals surface area contributed by atoms with Crippen LogP contribution in [0.5, 0.6) is 0 Å². The van der Waals surface area contributed by atoms with E-state index in [2.05, 4.69) is 12.2 Å². The smallest absolute Gasteiger partial charge is 0.245 e. The van der Waals surface area contributed by atoms with Crippen molar-refractivity contribution >= 4 is 11.8 Å². The number of carbonyl (C=O) groups is 2. The van der Waals surface area contributed by atoms with E-state index in [-0.39, 0.29) is 23.9 Å². The molecule has 1 saturated heterocycles. The van der Waals surface area contributed by atoms with E-state index < -0.39 is 0 Å². The zero-order valence-electron chi connectivity index (χ0n) is 11.0. The topological polar surface area (TPSA) is 49.4 Å². The summed E-state index contributed by atoms with van der Waals surface area (Å²) in [5.74, 6) is 0.0858. The average molecular weight is 238 g/mol. The third kappa shape index (κ3) is 2.17. The van der Waals surface area contributed by atoms with Crippen LogP contribution >= 0.6 is 0 Å². The molecule has 4 nitrogen and oxygen atoms in total. The zero-order chi connectivity index (χ0) is 12.6. The molecule has 1 aliphatic heterocycles. The quantitative estimate of drug-likeness (QED) is 0.802. The Balaban J connectivity index is 2.14. The Morgan fingerprint density at radius 2 is 2.00 bits per heavy atom. The Bertz CT molecular complexity index is 336. The highest BCUT2D eigenvalue weighted by Crippen LogP contribution is 2.49. The van der Waals surface area contributed by atoms with E-state index in [1.807, 2.05) is 11.8 Å². The summed E-state index contributed by atoms with van der Waals surface area (Å²) in [5, 5.41) is 2.75.